The minimum atomic E-state index is -0.363. The van der Waals surface area contributed by atoms with Crippen molar-refractivity contribution >= 4 is 0 Å². The van der Waals surface area contributed by atoms with E-state index in [1.165, 1.54) is 18.2 Å². The van der Waals surface area contributed by atoms with Gasteiger partial charge < -0.3 is 10.8 Å². The zero-order chi connectivity index (χ0) is 12.3. The zero-order valence-electron chi connectivity index (χ0n) is 9.31. The van der Waals surface area contributed by atoms with Crippen LogP contribution in [-0.2, 0) is 6.42 Å². The predicted octanol–water partition coefficient (Wildman–Crippen LogP) is 2.77. The first-order chi connectivity index (χ1) is 8.16. The van der Waals surface area contributed by atoms with Gasteiger partial charge in [-0.3, -0.25) is 0 Å². The number of nitrogens with two attached hydrogens (primary N) is 1. The van der Waals surface area contributed by atoms with Crippen LogP contribution in [0.1, 0.15) is 17.2 Å². The molecule has 0 aliphatic rings. The molecule has 2 aromatic carbocycles. The Labute approximate surface area is 99.5 Å². The lowest BCUT2D eigenvalue weighted by atomic mass is 9.99. The predicted molar refractivity (Wildman–Crippen MR) is 65.1 cm³/mol. The molecule has 0 aliphatic carbocycles. The number of rotatable bonds is 3. The first-order valence-corrected chi connectivity index (χ1v) is 5.45. The summed E-state index contributed by atoms with van der Waals surface area (Å²) in [5.41, 5.74) is 7.51. The highest BCUT2D eigenvalue weighted by Crippen LogP contribution is 2.23. The van der Waals surface area contributed by atoms with Crippen molar-refractivity contribution in [3.8, 4) is 5.75 Å². The molecule has 0 saturated heterocycles. The average molecular weight is 231 g/mol. The van der Waals surface area contributed by atoms with Crippen molar-refractivity contribution in [1.82, 2.24) is 0 Å². The van der Waals surface area contributed by atoms with Crippen LogP contribution in [0.25, 0.3) is 0 Å². The second-order valence-electron chi connectivity index (χ2n) is 3.99. The Balaban J connectivity index is 2.18. The van der Waals surface area contributed by atoms with Gasteiger partial charge in [0.25, 0.3) is 0 Å². The molecule has 17 heavy (non-hydrogen) atoms. The van der Waals surface area contributed by atoms with Crippen LogP contribution in [0.4, 0.5) is 4.39 Å². The highest BCUT2D eigenvalue weighted by Gasteiger charge is 2.10. The first-order valence-electron chi connectivity index (χ1n) is 5.45. The van der Waals surface area contributed by atoms with Crippen LogP contribution < -0.4 is 5.73 Å². The van der Waals surface area contributed by atoms with Gasteiger partial charge in [-0.25, -0.2) is 4.39 Å². The van der Waals surface area contributed by atoms with Crippen LogP contribution in [-0.4, -0.2) is 5.11 Å². The summed E-state index contributed by atoms with van der Waals surface area (Å²) in [7, 11) is 0. The third-order valence-electron chi connectivity index (χ3n) is 2.71. The summed E-state index contributed by atoms with van der Waals surface area (Å²) in [5.74, 6) is -0.282. The molecule has 2 nitrogen and oxygen atoms in total. The molecule has 0 aliphatic heterocycles. The Kier molecular flexibility index (Phi) is 3.40. The highest BCUT2D eigenvalue weighted by atomic mass is 19.1. The number of phenols is 1. The van der Waals surface area contributed by atoms with Crippen LogP contribution in [0.2, 0.25) is 0 Å². The molecule has 3 heteroatoms. The number of aromatic hydroxyl groups is 1. The Morgan fingerprint density at radius 3 is 2.53 bits per heavy atom. The van der Waals surface area contributed by atoms with E-state index in [9.17, 15) is 9.50 Å². The molecular weight excluding hydrogens is 217 g/mol. The lowest BCUT2D eigenvalue weighted by Crippen LogP contribution is -2.13. The van der Waals surface area contributed by atoms with E-state index in [1.54, 1.807) is 0 Å². The fraction of sp³-hybridized carbons (Fsp3) is 0.143. The summed E-state index contributed by atoms with van der Waals surface area (Å²) < 4.78 is 13.0. The zero-order valence-corrected chi connectivity index (χ0v) is 9.31. The Hall–Kier alpha value is -1.87. The van der Waals surface area contributed by atoms with Gasteiger partial charge in [-0.15, -0.1) is 0 Å². The highest BCUT2D eigenvalue weighted by molar-refractivity contribution is 5.34. The van der Waals surface area contributed by atoms with E-state index in [2.05, 4.69) is 0 Å². The van der Waals surface area contributed by atoms with E-state index in [4.69, 9.17) is 5.73 Å². The fourth-order valence-corrected chi connectivity index (χ4v) is 1.77. The van der Waals surface area contributed by atoms with E-state index in [1.807, 2.05) is 30.3 Å². The van der Waals surface area contributed by atoms with Gasteiger partial charge in [0.1, 0.15) is 11.6 Å². The number of benzene rings is 2. The summed E-state index contributed by atoms with van der Waals surface area (Å²) in [6.45, 7) is 0. The smallest absolute Gasteiger partial charge is 0.123 e. The molecule has 1 atom stereocenters. The SMILES string of the molecule is NC(Cc1cc(F)ccc1O)c1ccccc1. The molecule has 0 fully saturated rings. The summed E-state index contributed by atoms with van der Waals surface area (Å²) in [5, 5.41) is 9.61. The quantitative estimate of drug-likeness (QED) is 0.853. The molecule has 3 N–H and O–H groups in total. The molecule has 88 valence electrons. The van der Waals surface area contributed by atoms with Crippen molar-refractivity contribution in [3.63, 3.8) is 0 Å². The van der Waals surface area contributed by atoms with Gasteiger partial charge >= 0.3 is 0 Å². The number of phenolic OH excluding ortho intramolecular Hbond substituents is 1. The molecule has 0 aromatic heterocycles. The fourth-order valence-electron chi connectivity index (χ4n) is 1.77. The Bertz CT molecular complexity index is 499. The molecule has 2 aromatic rings. The molecule has 0 radical (unpaired) electrons. The van der Waals surface area contributed by atoms with Gasteiger partial charge in [-0.1, -0.05) is 30.3 Å². The summed E-state index contributed by atoms with van der Waals surface area (Å²) >= 11 is 0. The van der Waals surface area contributed by atoms with Gasteiger partial charge in [0.2, 0.25) is 0 Å². The second kappa shape index (κ2) is 4.97. The Morgan fingerprint density at radius 1 is 1.12 bits per heavy atom. The minimum absolute atomic E-state index is 0.0813. The lowest BCUT2D eigenvalue weighted by Gasteiger charge is -2.13. The van der Waals surface area contributed by atoms with Crippen molar-refractivity contribution in [2.24, 2.45) is 5.73 Å². The molecule has 0 spiro atoms. The van der Waals surface area contributed by atoms with Crippen molar-refractivity contribution < 1.29 is 9.50 Å². The normalized spacial score (nSPS) is 12.4. The van der Waals surface area contributed by atoms with E-state index in [0.717, 1.165) is 5.56 Å². The van der Waals surface area contributed by atoms with Gasteiger partial charge in [0, 0.05) is 6.04 Å². The van der Waals surface area contributed by atoms with Crippen LogP contribution in [0.15, 0.2) is 48.5 Å². The van der Waals surface area contributed by atoms with E-state index in [0.29, 0.717) is 12.0 Å². The van der Waals surface area contributed by atoms with Crippen molar-refractivity contribution in [3.05, 3.63) is 65.5 Å². The second-order valence-corrected chi connectivity index (χ2v) is 3.99. The maximum atomic E-state index is 13.0. The number of halogens is 1. The van der Waals surface area contributed by atoms with Crippen molar-refractivity contribution in [2.75, 3.05) is 0 Å². The molecular formula is C14H14FNO. The van der Waals surface area contributed by atoms with Crippen molar-refractivity contribution in [2.45, 2.75) is 12.5 Å². The van der Waals surface area contributed by atoms with Crippen LogP contribution in [0.3, 0.4) is 0 Å². The molecule has 0 bridgehead atoms. The van der Waals surface area contributed by atoms with Crippen molar-refractivity contribution in [1.29, 1.82) is 0 Å². The van der Waals surface area contributed by atoms with Gasteiger partial charge in [-0.2, -0.15) is 0 Å². The maximum Gasteiger partial charge on any atom is 0.123 e. The van der Waals surface area contributed by atoms with Crippen LogP contribution >= 0.6 is 0 Å². The summed E-state index contributed by atoms with van der Waals surface area (Å²) in [6, 6.07) is 13.2. The first kappa shape index (κ1) is 11.6. The van der Waals surface area contributed by atoms with Gasteiger partial charge in [0.15, 0.2) is 0 Å². The van der Waals surface area contributed by atoms with Crippen LogP contribution in [0.5, 0.6) is 5.75 Å². The number of hydrogen-bond donors (Lipinski definition) is 2. The molecule has 0 amide bonds. The molecule has 2 rings (SSSR count). The monoisotopic (exact) mass is 231 g/mol. The maximum absolute atomic E-state index is 13.0. The minimum Gasteiger partial charge on any atom is -0.508 e. The lowest BCUT2D eigenvalue weighted by molar-refractivity contribution is 0.462. The van der Waals surface area contributed by atoms with E-state index < -0.39 is 0 Å². The Morgan fingerprint density at radius 2 is 1.82 bits per heavy atom. The third-order valence-corrected chi connectivity index (χ3v) is 2.71. The standard InChI is InChI=1S/C14H14FNO/c15-12-6-7-14(17)11(8-12)9-13(16)10-4-2-1-3-5-10/h1-8,13,17H,9,16H2. The average Bonchev–Trinajstić information content (AvgIpc) is 2.35. The van der Waals surface area contributed by atoms with E-state index >= 15 is 0 Å². The molecule has 0 heterocycles. The molecule has 1 unspecified atom stereocenters. The van der Waals surface area contributed by atoms with Crippen LogP contribution in [0, 0.1) is 5.82 Å². The summed E-state index contributed by atoms with van der Waals surface area (Å²) in [6.07, 6.45) is 0.410. The summed E-state index contributed by atoms with van der Waals surface area (Å²) in [4.78, 5) is 0. The van der Waals surface area contributed by atoms with E-state index in [-0.39, 0.29) is 17.6 Å². The largest absolute Gasteiger partial charge is 0.508 e. The van der Waals surface area contributed by atoms with Gasteiger partial charge in [0.05, 0.1) is 0 Å². The number of hydrogen-bond acceptors (Lipinski definition) is 2. The molecule has 0 saturated carbocycles. The third kappa shape index (κ3) is 2.82. The van der Waals surface area contributed by atoms with Gasteiger partial charge in [-0.05, 0) is 35.7 Å². The topological polar surface area (TPSA) is 46.2 Å².